The van der Waals surface area contributed by atoms with Crippen molar-refractivity contribution in [2.24, 2.45) is 0 Å². The normalized spacial score (nSPS) is 10.8. The molecule has 1 amide bonds. The fourth-order valence-corrected chi connectivity index (χ4v) is 3.44. The lowest BCUT2D eigenvalue weighted by Crippen LogP contribution is -2.31. The maximum absolute atomic E-state index is 13.7. The zero-order chi connectivity index (χ0) is 22.9. The van der Waals surface area contributed by atoms with Crippen LogP contribution < -0.4 is 5.32 Å². The summed E-state index contributed by atoms with van der Waals surface area (Å²) in [7, 11) is 0. The van der Waals surface area contributed by atoms with Gasteiger partial charge in [-0.2, -0.15) is 0 Å². The first-order chi connectivity index (χ1) is 16.2. The number of rotatable bonds is 8. The standard InChI is InChI=1S/C28H26N4O/c1-2-3-19-32(21-22-13-7-4-8-14-22)28(33)25-20-29-26(23-15-9-5-10-16-23)31-27(25)30-24-17-11-6-12-18-24/h2-18,20H,19,21H2,1H3,(H,29,30,31)/b3-2+. The Morgan fingerprint density at radius 1 is 0.909 bits per heavy atom. The maximum Gasteiger partial charge on any atom is 0.259 e. The molecule has 33 heavy (non-hydrogen) atoms. The number of allylic oxidation sites excluding steroid dienone is 1. The van der Waals surface area contributed by atoms with Crippen molar-refractivity contribution < 1.29 is 4.79 Å². The summed E-state index contributed by atoms with van der Waals surface area (Å²) < 4.78 is 0. The van der Waals surface area contributed by atoms with E-state index in [-0.39, 0.29) is 5.91 Å². The zero-order valence-corrected chi connectivity index (χ0v) is 18.6. The molecule has 0 aliphatic heterocycles. The summed E-state index contributed by atoms with van der Waals surface area (Å²) in [6.45, 7) is 2.94. The Morgan fingerprint density at radius 2 is 1.55 bits per heavy atom. The van der Waals surface area contributed by atoms with Crippen molar-refractivity contribution in [1.29, 1.82) is 0 Å². The minimum absolute atomic E-state index is 0.130. The van der Waals surface area contributed by atoms with Crippen LogP contribution in [0.2, 0.25) is 0 Å². The fourth-order valence-electron chi connectivity index (χ4n) is 3.44. The van der Waals surface area contributed by atoms with Gasteiger partial charge in [0.15, 0.2) is 5.82 Å². The van der Waals surface area contributed by atoms with Crippen LogP contribution >= 0.6 is 0 Å². The lowest BCUT2D eigenvalue weighted by molar-refractivity contribution is 0.0763. The Hall–Kier alpha value is -4.25. The molecule has 1 N–H and O–H groups in total. The first kappa shape index (κ1) is 22.0. The molecule has 4 rings (SSSR count). The number of anilines is 2. The van der Waals surface area contributed by atoms with Gasteiger partial charge >= 0.3 is 0 Å². The van der Waals surface area contributed by atoms with Crippen LogP contribution in [0, 0.1) is 0 Å². The number of aromatic nitrogens is 2. The highest BCUT2D eigenvalue weighted by Gasteiger charge is 2.21. The van der Waals surface area contributed by atoms with Crippen LogP contribution in [0.15, 0.2) is 109 Å². The first-order valence-electron chi connectivity index (χ1n) is 10.9. The number of carbonyl (C=O) groups excluding carboxylic acids is 1. The molecule has 0 bridgehead atoms. The lowest BCUT2D eigenvalue weighted by Gasteiger charge is -2.23. The molecule has 1 aromatic heterocycles. The van der Waals surface area contributed by atoms with Gasteiger partial charge in [-0.3, -0.25) is 4.79 Å². The summed E-state index contributed by atoms with van der Waals surface area (Å²) in [4.78, 5) is 24.8. The van der Waals surface area contributed by atoms with Gasteiger partial charge in [0.25, 0.3) is 5.91 Å². The maximum atomic E-state index is 13.7. The Morgan fingerprint density at radius 3 is 2.21 bits per heavy atom. The Kier molecular flexibility index (Phi) is 7.23. The molecular formula is C28H26N4O. The molecule has 0 atom stereocenters. The number of benzene rings is 3. The topological polar surface area (TPSA) is 58.1 Å². The number of para-hydroxylation sites is 1. The van der Waals surface area contributed by atoms with E-state index in [1.807, 2.05) is 110 Å². The summed E-state index contributed by atoms with van der Waals surface area (Å²) in [6.07, 6.45) is 5.55. The van der Waals surface area contributed by atoms with E-state index < -0.39 is 0 Å². The molecule has 4 aromatic rings. The molecule has 0 aliphatic rings. The first-order valence-corrected chi connectivity index (χ1v) is 10.9. The Balaban J connectivity index is 1.72. The van der Waals surface area contributed by atoms with Gasteiger partial charge in [0.2, 0.25) is 0 Å². The van der Waals surface area contributed by atoms with Crippen LogP contribution in [0.3, 0.4) is 0 Å². The molecule has 0 radical (unpaired) electrons. The largest absolute Gasteiger partial charge is 0.339 e. The second kappa shape index (κ2) is 10.9. The van der Waals surface area contributed by atoms with Crippen molar-refractivity contribution in [1.82, 2.24) is 14.9 Å². The van der Waals surface area contributed by atoms with Gasteiger partial charge in [0.1, 0.15) is 11.4 Å². The molecule has 5 nitrogen and oxygen atoms in total. The molecule has 164 valence electrons. The molecule has 0 saturated heterocycles. The second-order valence-corrected chi connectivity index (χ2v) is 7.55. The summed E-state index contributed by atoms with van der Waals surface area (Å²) >= 11 is 0. The SMILES string of the molecule is C/C=C/CN(Cc1ccccc1)C(=O)c1cnc(-c2ccccc2)nc1Nc1ccccc1. The zero-order valence-electron chi connectivity index (χ0n) is 18.6. The molecule has 5 heteroatoms. The van der Waals surface area contributed by atoms with E-state index in [1.54, 1.807) is 11.1 Å². The monoisotopic (exact) mass is 434 g/mol. The predicted octanol–water partition coefficient (Wildman–Crippen LogP) is 6.11. The highest BCUT2D eigenvalue weighted by Crippen LogP contribution is 2.24. The van der Waals surface area contributed by atoms with Gasteiger partial charge < -0.3 is 10.2 Å². The third-order valence-corrected chi connectivity index (χ3v) is 5.15. The van der Waals surface area contributed by atoms with E-state index in [0.29, 0.717) is 30.3 Å². The van der Waals surface area contributed by atoms with E-state index >= 15 is 0 Å². The minimum Gasteiger partial charge on any atom is -0.339 e. The van der Waals surface area contributed by atoms with Crippen molar-refractivity contribution in [2.45, 2.75) is 13.5 Å². The average Bonchev–Trinajstić information content (AvgIpc) is 2.88. The highest BCUT2D eigenvalue weighted by atomic mass is 16.2. The molecular weight excluding hydrogens is 408 g/mol. The number of hydrogen-bond donors (Lipinski definition) is 1. The summed E-state index contributed by atoms with van der Waals surface area (Å²) in [5, 5.41) is 3.32. The van der Waals surface area contributed by atoms with Crippen LogP contribution in [0.5, 0.6) is 0 Å². The number of hydrogen-bond acceptors (Lipinski definition) is 4. The molecule has 0 fully saturated rings. The van der Waals surface area contributed by atoms with Crippen LogP contribution in [0.25, 0.3) is 11.4 Å². The number of nitrogens with zero attached hydrogens (tertiary/aromatic N) is 3. The highest BCUT2D eigenvalue weighted by molar-refractivity contribution is 5.99. The van der Waals surface area contributed by atoms with Gasteiger partial charge in [0.05, 0.1) is 0 Å². The van der Waals surface area contributed by atoms with Gasteiger partial charge in [0, 0.05) is 30.5 Å². The number of nitrogens with one attached hydrogen (secondary N) is 1. The summed E-state index contributed by atoms with van der Waals surface area (Å²) in [5.41, 5.74) is 3.24. The fraction of sp³-hybridized carbons (Fsp3) is 0.107. The third-order valence-electron chi connectivity index (χ3n) is 5.15. The number of carbonyl (C=O) groups is 1. The van der Waals surface area contributed by atoms with E-state index in [4.69, 9.17) is 4.98 Å². The molecule has 0 aliphatic carbocycles. The summed E-state index contributed by atoms with van der Waals surface area (Å²) in [6, 6.07) is 29.4. The average molecular weight is 435 g/mol. The van der Waals surface area contributed by atoms with Gasteiger partial charge in [-0.25, -0.2) is 9.97 Å². The molecule has 0 unspecified atom stereocenters. The van der Waals surface area contributed by atoms with Crippen LogP contribution in [-0.2, 0) is 6.54 Å². The van der Waals surface area contributed by atoms with Crippen LogP contribution in [0.4, 0.5) is 11.5 Å². The van der Waals surface area contributed by atoms with Crippen molar-refractivity contribution >= 4 is 17.4 Å². The smallest absolute Gasteiger partial charge is 0.259 e. The van der Waals surface area contributed by atoms with Gasteiger partial charge in [-0.05, 0) is 24.6 Å². The summed E-state index contributed by atoms with van der Waals surface area (Å²) in [5.74, 6) is 0.919. The van der Waals surface area contributed by atoms with E-state index in [1.165, 1.54) is 0 Å². The van der Waals surface area contributed by atoms with Gasteiger partial charge in [-0.15, -0.1) is 0 Å². The van der Waals surface area contributed by atoms with Crippen molar-refractivity contribution in [3.8, 4) is 11.4 Å². The molecule has 0 spiro atoms. The molecule has 3 aromatic carbocycles. The number of amides is 1. The lowest BCUT2D eigenvalue weighted by atomic mass is 10.1. The van der Waals surface area contributed by atoms with Crippen molar-refractivity contribution in [2.75, 3.05) is 11.9 Å². The Bertz CT molecular complexity index is 1210. The minimum atomic E-state index is -0.130. The van der Waals surface area contributed by atoms with Crippen LogP contribution in [0.1, 0.15) is 22.8 Å². The second-order valence-electron chi connectivity index (χ2n) is 7.55. The van der Waals surface area contributed by atoms with E-state index in [2.05, 4.69) is 10.3 Å². The van der Waals surface area contributed by atoms with E-state index in [0.717, 1.165) is 16.8 Å². The van der Waals surface area contributed by atoms with Crippen molar-refractivity contribution in [3.05, 3.63) is 120 Å². The molecule has 1 heterocycles. The van der Waals surface area contributed by atoms with Crippen molar-refractivity contribution in [3.63, 3.8) is 0 Å². The molecule has 0 saturated carbocycles. The quantitative estimate of drug-likeness (QED) is 0.340. The van der Waals surface area contributed by atoms with Crippen LogP contribution in [-0.4, -0.2) is 27.3 Å². The van der Waals surface area contributed by atoms with E-state index in [9.17, 15) is 4.79 Å². The predicted molar refractivity (Wildman–Crippen MR) is 133 cm³/mol. The Labute approximate surface area is 194 Å². The third kappa shape index (κ3) is 5.71. The van der Waals surface area contributed by atoms with Gasteiger partial charge in [-0.1, -0.05) is 91.0 Å².